The normalized spacial score (nSPS) is 19.1. The van der Waals surface area contributed by atoms with Gasteiger partial charge in [-0.1, -0.05) is 6.92 Å². The summed E-state index contributed by atoms with van der Waals surface area (Å²) >= 11 is 1.41. The first kappa shape index (κ1) is 21.2. The van der Waals surface area contributed by atoms with Crippen LogP contribution < -0.4 is 9.80 Å². The van der Waals surface area contributed by atoms with Crippen molar-refractivity contribution >= 4 is 28.7 Å². The van der Waals surface area contributed by atoms with Crippen molar-refractivity contribution in [3.05, 3.63) is 24.0 Å². The summed E-state index contributed by atoms with van der Waals surface area (Å²) in [5.41, 5.74) is 0.398. The zero-order chi connectivity index (χ0) is 22.4. The third-order valence-electron chi connectivity index (χ3n) is 5.56. The lowest BCUT2D eigenvalue weighted by molar-refractivity contribution is -0.134. The first-order chi connectivity index (χ1) is 14.7. The van der Waals surface area contributed by atoms with Crippen LogP contribution in [0.3, 0.4) is 0 Å². The SMILES string of the molecule is CCC1(C)C(=O)N(C)c2cnc(-c3cn[nH]c3-c3nccs3)nc2N1CCC(F)(F)F. The van der Waals surface area contributed by atoms with Crippen LogP contribution in [0.2, 0.25) is 0 Å². The third kappa shape index (κ3) is 3.64. The van der Waals surface area contributed by atoms with Gasteiger partial charge in [-0.15, -0.1) is 11.3 Å². The standard InChI is InChI=1S/C19H20F3N7OS/c1-4-18(2)17(30)28(3)12-10-24-14(26-15(12)29(18)7-5-19(20,21)22)11-9-25-27-13(11)16-23-6-8-31-16/h6,8-10H,4-5,7H2,1-3H3,(H,25,27). The maximum absolute atomic E-state index is 13.1. The Hall–Kier alpha value is -3.02. The van der Waals surface area contributed by atoms with E-state index >= 15 is 0 Å². The number of carbonyl (C=O) groups excluding carboxylic acids is 1. The van der Waals surface area contributed by atoms with E-state index < -0.39 is 18.1 Å². The number of nitrogens with zero attached hydrogens (tertiary/aromatic N) is 6. The van der Waals surface area contributed by atoms with E-state index in [9.17, 15) is 18.0 Å². The maximum atomic E-state index is 13.1. The molecule has 12 heteroatoms. The van der Waals surface area contributed by atoms with Crippen LogP contribution in [0.5, 0.6) is 0 Å². The fraction of sp³-hybridized carbons (Fsp3) is 0.421. The van der Waals surface area contributed by atoms with E-state index in [1.807, 2.05) is 5.38 Å². The second-order valence-corrected chi connectivity index (χ2v) is 8.30. The van der Waals surface area contributed by atoms with Gasteiger partial charge in [0.25, 0.3) is 5.91 Å². The van der Waals surface area contributed by atoms with Gasteiger partial charge >= 0.3 is 6.18 Å². The summed E-state index contributed by atoms with van der Waals surface area (Å²) in [6.45, 7) is 3.03. The molecule has 0 saturated heterocycles. The van der Waals surface area contributed by atoms with Gasteiger partial charge in [-0.25, -0.2) is 15.0 Å². The summed E-state index contributed by atoms with van der Waals surface area (Å²) in [5, 5.41) is 9.45. The summed E-state index contributed by atoms with van der Waals surface area (Å²) in [6, 6.07) is 0. The molecule has 0 spiro atoms. The number of aromatic nitrogens is 5. The van der Waals surface area contributed by atoms with E-state index in [4.69, 9.17) is 0 Å². The summed E-state index contributed by atoms with van der Waals surface area (Å²) in [7, 11) is 1.58. The fourth-order valence-corrected chi connectivity index (χ4v) is 4.30. The first-order valence-electron chi connectivity index (χ1n) is 9.59. The monoisotopic (exact) mass is 451 g/mol. The average molecular weight is 451 g/mol. The van der Waals surface area contributed by atoms with Gasteiger partial charge in [0.15, 0.2) is 11.6 Å². The maximum Gasteiger partial charge on any atom is 0.390 e. The van der Waals surface area contributed by atoms with Gasteiger partial charge in [-0.2, -0.15) is 18.3 Å². The van der Waals surface area contributed by atoms with Crippen LogP contribution in [-0.2, 0) is 4.79 Å². The highest BCUT2D eigenvalue weighted by atomic mass is 32.1. The minimum absolute atomic E-state index is 0.284. The molecule has 0 radical (unpaired) electrons. The molecular weight excluding hydrogens is 431 g/mol. The number of anilines is 2. The zero-order valence-corrected chi connectivity index (χ0v) is 17.9. The Balaban J connectivity index is 1.83. The smallest absolute Gasteiger partial charge is 0.340 e. The first-order valence-corrected chi connectivity index (χ1v) is 10.5. The number of alkyl halides is 3. The highest BCUT2D eigenvalue weighted by Crippen LogP contribution is 2.42. The summed E-state index contributed by atoms with van der Waals surface area (Å²) < 4.78 is 39.2. The molecular formula is C19H20F3N7OS. The molecule has 1 unspecified atom stereocenters. The molecule has 0 aliphatic carbocycles. The molecule has 0 saturated carbocycles. The zero-order valence-electron chi connectivity index (χ0n) is 17.1. The van der Waals surface area contributed by atoms with Crippen LogP contribution in [0, 0.1) is 0 Å². The van der Waals surface area contributed by atoms with Crippen molar-refractivity contribution in [2.45, 2.75) is 38.4 Å². The van der Waals surface area contributed by atoms with Crippen LogP contribution in [0.1, 0.15) is 26.7 Å². The molecule has 1 aliphatic rings. The number of halogens is 3. The second-order valence-electron chi connectivity index (χ2n) is 7.41. The number of fused-ring (bicyclic) bond motifs is 1. The topological polar surface area (TPSA) is 90.9 Å². The summed E-state index contributed by atoms with van der Waals surface area (Å²) in [5.74, 6) is 0.274. The average Bonchev–Trinajstić information content (AvgIpc) is 3.42. The lowest BCUT2D eigenvalue weighted by Gasteiger charge is -2.47. The highest BCUT2D eigenvalue weighted by molar-refractivity contribution is 7.13. The number of hydrogen-bond donors (Lipinski definition) is 1. The van der Waals surface area contributed by atoms with Crippen molar-refractivity contribution in [3.8, 4) is 22.1 Å². The molecule has 0 aromatic carbocycles. The van der Waals surface area contributed by atoms with Gasteiger partial charge in [0, 0.05) is 25.2 Å². The van der Waals surface area contributed by atoms with Crippen molar-refractivity contribution in [3.63, 3.8) is 0 Å². The second kappa shape index (κ2) is 7.59. The molecule has 1 aliphatic heterocycles. The number of hydrogen-bond acceptors (Lipinski definition) is 7. The number of H-pyrrole nitrogens is 1. The molecule has 164 valence electrons. The Labute approximate surface area is 180 Å². The molecule has 0 fully saturated rings. The number of thiazole rings is 1. The Kier molecular flexibility index (Phi) is 5.20. The van der Waals surface area contributed by atoms with Crippen LogP contribution in [0.15, 0.2) is 24.0 Å². The van der Waals surface area contributed by atoms with E-state index in [1.165, 1.54) is 27.3 Å². The number of rotatable bonds is 5. The molecule has 0 bridgehead atoms. The molecule has 3 aromatic heterocycles. The van der Waals surface area contributed by atoms with Gasteiger partial charge in [0.05, 0.1) is 24.4 Å². The number of aromatic amines is 1. The van der Waals surface area contributed by atoms with E-state index in [0.29, 0.717) is 28.4 Å². The largest absolute Gasteiger partial charge is 0.390 e. The number of likely N-dealkylation sites (N-methyl/N-ethyl adjacent to an activating group) is 1. The predicted octanol–water partition coefficient (Wildman–Crippen LogP) is 3.89. The Bertz CT molecular complexity index is 1100. The summed E-state index contributed by atoms with van der Waals surface area (Å²) in [4.78, 5) is 29.1. The third-order valence-corrected chi connectivity index (χ3v) is 6.35. The minimum Gasteiger partial charge on any atom is -0.340 e. The predicted molar refractivity (Wildman–Crippen MR) is 111 cm³/mol. The molecule has 31 heavy (non-hydrogen) atoms. The Morgan fingerprint density at radius 2 is 2.03 bits per heavy atom. The van der Waals surface area contributed by atoms with Gasteiger partial charge in [0.2, 0.25) is 0 Å². The van der Waals surface area contributed by atoms with Gasteiger partial charge in [0.1, 0.15) is 21.9 Å². The van der Waals surface area contributed by atoms with Gasteiger partial charge < -0.3 is 9.80 Å². The van der Waals surface area contributed by atoms with Crippen molar-refractivity contribution in [2.75, 3.05) is 23.4 Å². The van der Waals surface area contributed by atoms with Crippen LogP contribution >= 0.6 is 11.3 Å². The molecule has 1 N–H and O–H groups in total. The number of nitrogens with one attached hydrogen (secondary N) is 1. The minimum atomic E-state index is -4.36. The quantitative estimate of drug-likeness (QED) is 0.633. The Morgan fingerprint density at radius 3 is 2.68 bits per heavy atom. The molecule has 1 amide bonds. The van der Waals surface area contributed by atoms with Crippen molar-refractivity contribution in [1.82, 2.24) is 25.1 Å². The van der Waals surface area contributed by atoms with Crippen LogP contribution in [0.4, 0.5) is 24.7 Å². The van der Waals surface area contributed by atoms with Crippen molar-refractivity contribution < 1.29 is 18.0 Å². The van der Waals surface area contributed by atoms with Gasteiger partial charge in [-0.3, -0.25) is 9.89 Å². The van der Waals surface area contributed by atoms with E-state index in [-0.39, 0.29) is 24.1 Å². The van der Waals surface area contributed by atoms with E-state index in [2.05, 4.69) is 25.1 Å². The number of amides is 1. The molecule has 4 heterocycles. The summed E-state index contributed by atoms with van der Waals surface area (Å²) in [6.07, 6.45) is -0.430. The highest BCUT2D eigenvalue weighted by Gasteiger charge is 2.47. The lowest BCUT2D eigenvalue weighted by Crippen LogP contribution is -2.61. The number of carbonyl (C=O) groups is 1. The van der Waals surface area contributed by atoms with E-state index in [0.717, 1.165) is 0 Å². The van der Waals surface area contributed by atoms with Gasteiger partial charge in [-0.05, 0) is 13.3 Å². The molecule has 1 atom stereocenters. The Morgan fingerprint density at radius 1 is 1.26 bits per heavy atom. The van der Waals surface area contributed by atoms with Crippen LogP contribution in [-0.4, -0.2) is 56.4 Å². The molecule has 4 rings (SSSR count). The molecule has 3 aromatic rings. The fourth-order valence-electron chi connectivity index (χ4n) is 3.65. The van der Waals surface area contributed by atoms with Crippen molar-refractivity contribution in [2.24, 2.45) is 0 Å². The molecule has 8 nitrogen and oxygen atoms in total. The lowest BCUT2D eigenvalue weighted by atomic mass is 9.91. The van der Waals surface area contributed by atoms with Crippen molar-refractivity contribution in [1.29, 1.82) is 0 Å². The van der Waals surface area contributed by atoms with E-state index in [1.54, 1.807) is 33.3 Å². The van der Waals surface area contributed by atoms with Crippen LogP contribution in [0.25, 0.3) is 22.1 Å².